The molecule has 0 saturated carbocycles. The number of ether oxygens (including phenoxy) is 1. The molecule has 1 fully saturated rings. The molecule has 2 amide bonds. The van der Waals surface area contributed by atoms with Crippen molar-refractivity contribution in [2.24, 2.45) is 0 Å². The lowest BCUT2D eigenvalue weighted by atomic mass is 10.1. The van der Waals surface area contributed by atoms with Gasteiger partial charge in [0.1, 0.15) is 5.75 Å². The molecule has 0 aromatic heterocycles. The van der Waals surface area contributed by atoms with Crippen LogP contribution in [-0.2, 0) is 4.79 Å². The normalized spacial score (nSPS) is 15.2. The van der Waals surface area contributed by atoms with E-state index in [-0.39, 0.29) is 11.8 Å². The maximum Gasteiger partial charge on any atom is 0.265 e. The van der Waals surface area contributed by atoms with Gasteiger partial charge in [0.2, 0.25) is 0 Å². The number of amides is 2. The largest absolute Gasteiger partial charge is 0.480 e. The molecular weight excluding hydrogens is 376 g/mol. The number of carbonyl (C=O) groups is 2. The molecule has 0 unspecified atom stereocenters. The first-order valence-electron chi connectivity index (χ1n) is 10.9. The molecule has 1 atom stereocenters. The van der Waals surface area contributed by atoms with Gasteiger partial charge in [-0.15, -0.1) is 0 Å². The summed E-state index contributed by atoms with van der Waals surface area (Å²) in [5.41, 5.74) is 3.23. The predicted molar refractivity (Wildman–Crippen MR) is 120 cm³/mol. The van der Waals surface area contributed by atoms with E-state index in [1.165, 1.54) is 0 Å². The lowest BCUT2D eigenvalue weighted by molar-refractivity contribution is -0.122. The lowest BCUT2D eigenvalue weighted by Crippen LogP contribution is -2.35. The highest BCUT2D eigenvalue weighted by molar-refractivity contribution is 6.04. The van der Waals surface area contributed by atoms with Crippen molar-refractivity contribution in [3.05, 3.63) is 59.2 Å². The summed E-state index contributed by atoms with van der Waals surface area (Å²) in [5.74, 6) is 0.446. The number of anilines is 1. The highest BCUT2D eigenvalue weighted by Crippen LogP contribution is 2.23. The van der Waals surface area contributed by atoms with Crippen LogP contribution < -0.4 is 10.1 Å². The number of likely N-dealkylation sites (tertiary alicyclic amines) is 1. The Kier molecular flexibility index (Phi) is 7.50. The Morgan fingerprint density at radius 3 is 2.40 bits per heavy atom. The molecule has 3 rings (SSSR count). The van der Waals surface area contributed by atoms with Crippen LogP contribution in [0.3, 0.4) is 0 Å². The van der Waals surface area contributed by atoms with E-state index in [1.54, 1.807) is 12.1 Å². The van der Waals surface area contributed by atoms with Crippen LogP contribution in [-0.4, -0.2) is 35.9 Å². The van der Waals surface area contributed by atoms with Gasteiger partial charge < -0.3 is 15.0 Å². The summed E-state index contributed by atoms with van der Waals surface area (Å²) in [6, 6.07) is 13.2. The van der Waals surface area contributed by atoms with Gasteiger partial charge in [-0.05, 0) is 56.9 Å². The fraction of sp³-hybridized carbons (Fsp3) is 0.440. The first-order valence-corrected chi connectivity index (χ1v) is 10.9. The number of benzene rings is 2. The van der Waals surface area contributed by atoms with E-state index >= 15 is 0 Å². The van der Waals surface area contributed by atoms with E-state index < -0.39 is 6.10 Å². The van der Waals surface area contributed by atoms with Crippen molar-refractivity contribution < 1.29 is 14.3 Å². The Hall–Kier alpha value is -2.82. The van der Waals surface area contributed by atoms with E-state index in [0.29, 0.717) is 23.4 Å². The van der Waals surface area contributed by atoms with Crippen molar-refractivity contribution in [2.75, 3.05) is 18.4 Å². The first-order chi connectivity index (χ1) is 14.5. The highest BCUT2D eigenvalue weighted by Gasteiger charge is 2.24. The molecule has 160 valence electrons. The van der Waals surface area contributed by atoms with Crippen LogP contribution >= 0.6 is 0 Å². The molecule has 1 saturated heterocycles. The fourth-order valence-electron chi connectivity index (χ4n) is 3.84. The van der Waals surface area contributed by atoms with Crippen molar-refractivity contribution in [3.8, 4) is 5.75 Å². The third-order valence-corrected chi connectivity index (χ3v) is 5.57. The molecule has 0 radical (unpaired) electrons. The van der Waals surface area contributed by atoms with Gasteiger partial charge in [0.15, 0.2) is 6.10 Å². The van der Waals surface area contributed by atoms with E-state index in [2.05, 4.69) is 5.32 Å². The van der Waals surface area contributed by atoms with E-state index in [4.69, 9.17) is 4.74 Å². The number of nitrogens with zero attached hydrogens (tertiary/aromatic N) is 1. The Bertz CT molecular complexity index is 886. The average Bonchev–Trinajstić information content (AvgIpc) is 3.02. The zero-order valence-electron chi connectivity index (χ0n) is 18.2. The molecule has 5 heteroatoms. The predicted octanol–water partition coefficient (Wildman–Crippen LogP) is 5.12. The minimum absolute atomic E-state index is 0.0175. The maximum absolute atomic E-state index is 13.1. The van der Waals surface area contributed by atoms with Crippen molar-refractivity contribution in [1.82, 2.24) is 4.90 Å². The Morgan fingerprint density at radius 1 is 1.03 bits per heavy atom. The summed E-state index contributed by atoms with van der Waals surface area (Å²) in [6.07, 6.45) is 4.28. The van der Waals surface area contributed by atoms with E-state index in [1.807, 2.05) is 56.0 Å². The summed E-state index contributed by atoms with van der Waals surface area (Å²) in [6.45, 7) is 7.46. The Labute approximate surface area is 179 Å². The van der Waals surface area contributed by atoms with Gasteiger partial charge in [0, 0.05) is 13.1 Å². The van der Waals surface area contributed by atoms with Crippen LogP contribution in [0.1, 0.15) is 60.5 Å². The van der Waals surface area contributed by atoms with Crippen LogP contribution in [0.2, 0.25) is 0 Å². The third-order valence-electron chi connectivity index (χ3n) is 5.57. The lowest BCUT2D eigenvalue weighted by Gasteiger charge is -2.23. The fourth-order valence-corrected chi connectivity index (χ4v) is 3.84. The van der Waals surface area contributed by atoms with Gasteiger partial charge in [-0.2, -0.15) is 0 Å². The minimum atomic E-state index is -0.632. The summed E-state index contributed by atoms with van der Waals surface area (Å²) in [7, 11) is 0. The zero-order chi connectivity index (χ0) is 21.5. The van der Waals surface area contributed by atoms with Crippen LogP contribution in [0.15, 0.2) is 42.5 Å². The van der Waals surface area contributed by atoms with Gasteiger partial charge in [0.25, 0.3) is 11.8 Å². The molecule has 1 heterocycles. The van der Waals surface area contributed by atoms with Crippen LogP contribution in [0.5, 0.6) is 5.75 Å². The number of carbonyl (C=O) groups excluding carboxylic acids is 2. The smallest absolute Gasteiger partial charge is 0.265 e. The van der Waals surface area contributed by atoms with Crippen LogP contribution in [0, 0.1) is 13.8 Å². The number of para-hydroxylation sites is 1. The molecule has 2 aromatic rings. The quantitative estimate of drug-likeness (QED) is 0.722. The Balaban J connectivity index is 1.74. The number of aryl methyl sites for hydroxylation is 2. The molecule has 1 N–H and O–H groups in total. The topological polar surface area (TPSA) is 58.6 Å². The van der Waals surface area contributed by atoms with Crippen molar-refractivity contribution in [1.29, 1.82) is 0 Å². The second kappa shape index (κ2) is 10.3. The highest BCUT2D eigenvalue weighted by atomic mass is 16.5. The molecular formula is C25H32N2O3. The van der Waals surface area contributed by atoms with Gasteiger partial charge in [-0.25, -0.2) is 0 Å². The van der Waals surface area contributed by atoms with Crippen molar-refractivity contribution in [2.45, 2.75) is 59.0 Å². The molecule has 2 aromatic carbocycles. The third kappa shape index (κ3) is 5.41. The average molecular weight is 409 g/mol. The second-order valence-electron chi connectivity index (χ2n) is 8.02. The van der Waals surface area contributed by atoms with Crippen molar-refractivity contribution >= 4 is 17.5 Å². The number of hydrogen-bond donors (Lipinski definition) is 1. The molecule has 1 aliphatic heterocycles. The summed E-state index contributed by atoms with van der Waals surface area (Å²) in [5, 5.41) is 2.94. The van der Waals surface area contributed by atoms with Gasteiger partial charge in [-0.3, -0.25) is 9.59 Å². The molecule has 0 aliphatic carbocycles. The maximum atomic E-state index is 13.1. The molecule has 1 aliphatic rings. The second-order valence-corrected chi connectivity index (χ2v) is 8.02. The monoisotopic (exact) mass is 408 g/mol. The van der Waals surface area contributed by atoms with Crippen LogP contribution in [0.25, 0.3) is 0 Å². The van der Waals surface area contributed by atoms with E-state index in [9.17, 15) is 9.59 Å². The minimum Gasteiger partial charge on any atom is -0.480 e. The first kappa shape index (κ1) is 21.9. The van der Waals surface area contributed by atoms with Gasteiger partial charge in [0.05, 0.1) is 11.3 Å². The summed E-state index contributed by atoms with van der Waals surface area (Å²) < 4.78 is 6.01. The Morgan fingerprint density at radius 2 is 1.73 bits per heavy atom. The standard InChI is InChI=1S/C25H32N2O3/c1-4-22(30-23-14-13-18(2)17-19(23)3)24(28)26-21-12-8-7-11-20(21)25(29)27-15-9-5-6-10-16-27/h7-8,11-14,17,22H,4-6,9-10,15-16H2,1-3H3,(H,26,28)/t22-/m1/s1. The van der Waals surface area contributed by atoms with Gasteiger partial charge >= 0.3 is 0 Å². The number of hydrogen-bond acceptors (Lipinski definition) is 3. The SMILES string of the molecule is CC[C@@H](Oc1ccc(C)cc1C)C(=O)Nc1ccccc1C(=O)N1CCCCCC1. The number of rotatable bonds is 6. The van der Waals surface area contributed by atoms with E-state index in [0.717, 1.165) is 49.9 Å². The molecule has 0 spiro atoms. The van der Waals surface area contributed by atoms with Crippen molar-refractivity contribution in [3.63, 3.8) is 0 Å². The molecule has 5 nitrogen and oxygen atoms in total. The molecule has 30 heavy (non-hydrogen) atoms. The molecule has 0 bridgehead atoms. The van der Waals surface area contributed by atoms with Gasteiger partial charge in [-0.1, -0.05) is 49.6 Å². The van der Waals surface area contributed by atoms with Crippen LogP contribution in [0.4, 0.5) is 5.69 Å². The zero-order valence-corrected chi connectivity index (χ0v) is 18.2. The summed E-state index contributed by atoms with van der Waals surface area (Å²) in [4.78, 5) is 28.0. The number of nitrogens with one attached hydrogen (secondary N) is 1. The summed E-state index contributed by atoms with van der Waals surface area (Å²) >= 11 is 0.